The summed E-state index contributed by atoms with van der Waals surface area (Å²) in [5, 5.41) is 0. The van der Waals surface area contributed by atoms with Crippen molar-refractivity contribution in [2.75, 3.05) is 7.11 Å². The van der Waals surface area contributed by atoms with E-state index in [1.165, 1.54) is 12.1 Å². The fourth-order valence-corrected chi connectivity index (χ4v) is 1.06. The third kappa shape index (κ3) is 2.96. The summed E-state index contributed by atoms with van der Waals surface area (Å²) in [6, 6.07) is 6.39. The summed E-state index contributed by atoms with van der Waals surface area (Å²) in [7, 11) is 1.59. The lowest BCUT2D eigenvalue weighted by atomic mass is 10.1. The Balaban J connectivity index is 2.68. The summed E-state index contributed by atoms with van der Waals surface area (Å²) in [6.45, 7) is -0.899. The molecule has 0 fully saturated rings. The fourth-order valence-electron chi connectivity index (χ4n) is 1.06. The summed E-state index contributed by atoms with van der Waals surface area (Å²) in [4.78, 5) is 0. The molecule has 1 aromatic carbocycles. The highest BCUT2D eigenvalue weighted by molar-refractivity contribution is 5.28. The zero-order chi connectivity index (χ0) is 10.6. The van der Waals surface area contributed by atoms with Crippen molar-refractivity contribution in [3.8, 4) is 5.75 Å². The molecule has 4 heteroatoms. The van der Waals surface area contributed by atoms with Crippen LogP contribution in [-0.4, -0.2) is 13.7 Å². The summed E-state index contributed by atoms with van der Waals surface area (Å²) < 4.78 is 32.9. The maximum absolute atomic E-state index is 11.8. The van der Waals surface area contributed by atoms with E-state index in [1.807, 2.05) is 6.92 Å². The summed E-state index contributed by atoms with van der Waals surface area (Å²) in [6.07, 6.45) is -0.0457. The van der Waals surface area contributed by atoms with E-state index in [4.69, 9.17) is 4.74 Å². The number of halogens is 2. The molecule has 0 aliphatic carbocycles. The molecule has 0 spiro atoms. The van der Waals surface area contributed by atoms with E-state index in [0.717, 1.165) is 5.56 Å². The highest BCUT2D eigenvalue weighted by Crippen LogP contribution is 2.20. The Hall–Kier alpha value is -1.16. The van der Waals surface area contributed by atoms with Crippen LogP contribution in [0.5, 0.6) is 5.75 Å². The van der Waals surface area contributed by atoms with Crippen LogP contribution < -0.4 is 4.74 Å². The van der Waals surface area contributed by atoms with Gasteiger partial charge < -0.3 is 9.47 Å². The molecule has 0 N–H and O–H groups in total. The standard InChI is InChI=1S/C10H12F2O2/c1-7(13-2)8-3-5-9(6-4-8)14-10(11)12/h3-7,10H,1-2H3. The molecule has 0 aromatic heterocycles. The van der Waals surface area contributed by atoms with Gasteiger partial charge in [-0.05, 0) is 24.6 Å². The lowest BCUT2D eigenvalue weighted by Gasteiger charge is -2.10. The molecule has 78 valence electrons. The van der Waals surface area contributed by atoms with Crippen LogP contribution in [0.25, 0.3) is 0 Å². The highest BCUT2D eigenvalue weighted by atomic mass is 19.3. The van der Waals surface area contributed by atoms with Gasteiger partial charge in [0.2, 0.25) is 0 Å². The molecule has 0 amide bonds. The fraction of sp³-hybridized carbons (Fsp3) is 0.400. The molecule has 14 heavy (non-hydrogen) atoms. The van der Waals surface area contributed by atoms with Crippen LogP contribution in [0.1, 0.15) is 18.6 Å². The highest BCUT2D eigenvalue weighted by Gasteiger charge is 2.06. The Morgan fingerprint density at radius 3 is 2.14 bits per heavy atom. The monoisotopic (exact) mass is 202 g/mol. The number of ether oxygens (including phenoxy) is 2. The Labute approximate surface area is 81.4 Å². The van der Waals surface area contributed by atoms with Crippen LogP contribution >= 0.6 is 0 Å². The first-order valence-corrected chi connectivity index (χ1v) is 4.21. The normalized spacial score (nSPS) is 12.9. The third-order valence-corrected chi connectivity index (χ3v) is 1.93. The quantitative estimate of drug-likeness (QED) is 0.747. The van der Waals surface area contributed by atoms with Gasteiger partial charge in [0.1, 0.15) is 5.75 Å². The predicted molar refractivity (Wildman–Crippen MR) is 48.5 cm³/mol. The molecule has 1 atom stereocenters. The number of methoxy groups -OCH3 is 1. The molecule has 0 saturated heterocycles. The topological polar surface area (TPSA) is 18.5 Å². The third-order valence-electron chi connectivity index (χ3n) is 1.93. The van der Waals surface area contributed by atoms with Crippen molar-refractivity contribution in [1.82, 2.24) is 0 Å². The molecule has 0 aliphatic heterocycles. The van der Waals surface area contributed by atoms with Crippen LogP contribution in [0.3, 0.4) is 0 Å². The smallest absolute Gasteiger partial charge is 0.387 e. The van der Waals surface area contributed by atoms with Gasteiger partial charge in [0.05, 0.1) is 6.10 Å². The second-order valence-electron chi connectivity index (χ2n) is 2.83. The average Bonchev–Trinajstić information content (AvgIpc) is 2.17. The van der Waals surface area contributed by atoms with Gasteiger partial charge in [-0.25, -0.2) is 0 Å². The predicted octanol–water partition coefficient (Wildman–Crippen LogP) is 3.00. The first-order chi connectivity index (χ1) is 6.63. The van der Waals surface area contributed by atoms with Gasteiger partial charge in [0.15, 0.2) is 0 Å². The molecule has 2 nitrogen and oxygen atoms in total. The number of alkyl halides is 2. The van der Waals surface area contributed by atoms with E-state index < -0.39 is 6.61 Å². The Morgan fingerprint density at radius 2 is 1.71 bits per heavy atom. The number of benzene rings is 1. The van der Waals surface area contributed by atoms with Crippen LogP contribution in [0.15, 0.2) is 24.3 Å². The van der Waals surface area contributed by atoms with Gasteiger partial charge in [-0.3, -0.25) is 0 Å². The first-order valence-electron chi connectivity index (χ1n) is 4.21. The Bertz CT molecular complexity index is 272. The number of hydrogen-bond acceptors (Lipinski definition) is 2. The van der Waals surface area contributed by atoms with Crippen LogP contribution in [-0.2, 0) is 4.74 Å². The van der Waals surface area contributed by atoms with Crippen molar-refractivity contribution in [2.45, 2.75) is 19.6 Å². The van der Waals surface area contributed by atoms with E-state index in [0.29, 0.717) is 0 Å². The second kappa shape index (κ2) is 4.91. The molecular formula is C10H12F2O2. The minimum absolute atomic E-state index is 0.0457. The SMILES string of the molecule is COC(C)c1ccc(OC(F)F)cc1. The zero-order valence-electron chi connectivity index (χ0n) is 8.04. The molecule has 0 aliphatic rings. The lowest BCUT2D eigenvalue weighted by molar-refractivity contribution is -0.0498. The van der Waals surface area contributed by atoms with Crippen molar-refractivity contribution in [3.05, 3.63) is 29.8 Å². The second-order valence-corrected chi connectivity index (χ2v) is 2.83. The van der Waals surface area contributed by atoms with E-state index >= 15 is 0 Å². The van der Waals surface area contributed by atoms with E-state index in [2.05, 4.69) is 4.74 Å². The maximum Gasteiger partial charge on any atom is 0.387 e. The van der Waals surface area contributed by atoms with Crippen molar-refractivity contribution in [3.63, 3.8) is 0 Å². The van der Waals surface area contributed by atoms with Crippen molar-refractivity contribution < 1.29 is 18.3 Å². The molecule has 0 heterocycles. The summed E-state index contributed by atoms with van der Waals surface area (Å²) in [5.41, 5.74) is 0.925. The van der Waals surface area contributed by atoms with Gasteiger partial charge in [0, 0.05) is 7.11 Å². The minimum atomic E-state index is -2.78. The van der Waals surface area contributed by atoms with Crippen molar-refractivity contribution >= 4 is 0 Å². The summed E-state index contributed by atoms with van der Waals surface area (Å²) in [5.74, 6) is 0.159. The van der Waals surface area contributed by atoms with Gasteiger partial charge in [-0.1, -0.05) is 12.1 Å². The molecule has 0 bridgehead atoms. The van der Waals surface area contributed by atoms with Gasteiger partial charge in [-0.15, -0.1) is 0 Å². The minimum Gasteiger partial charge on any atom is -0.435 e. The zero-order valence-corrected chi connectivity index (χ0v) is 8.04. The molecule has 1 unspecified atom stereocenters. The lowest BCUT2D eigenvalue weighted by Crippen LogP contribution is -2.02. The van der Waals surface area contributed by atoms with E-state index in [-0.39, 0.29) is 11.9 Å². The molecule has 0 saturated carbocycles. The van der Waals surface area contributed by atoms with Gasteiger partial charge >= 0.3 is 6.61 Å². The molecule has 0 radical (unpaired) electrons. The number of hydrogen-bond donors (Lipinski definition) is 0. The van der Waals surface area contributed by atoms with Crippen molar-refractivity contribution in [2.24, 2.45) is 0 Å². The van der Waals surface area contributed by atoms with E-state index in [9.17, 15) is 8.78 Å². The number of rotatable bonds is 4. The Morgan fingerprint density at radius 1 is 1.14 bits per heavy atom. The van der Waals surface area contributed by atoms with Gasteiger partial charge in [0.25, 0.3) is 0 Å². The first kappa shape index (κ1) is 10.9. The summed E-state index contributed by atoms with van der Waals surface area (Å²) >= 11 is 0. The molecule has 1 rings (SSSR count). The van der Waals surface area contributed by atoms with Crippen LogP contribution in [0.2, 0.25) is 0 Å². The van der Waals surface area contributed by atoms with Crippen LogP contribution in [0.4, 0.5) is 8.78 Å². The van der Waals surface area contributed by atoms with Crippen molar-refractivity contribution in [1.29, 1.82) is 0 Å². The van der Waals surface area contributed by atoms with Crippen LogP contribution in [0, 0.1) is 0 Å². The molecule has 1 aromatic rings. The van der Waals surface area contributed by atoms with Gasteiger partial charge in [-0.2, -0.15) is 8.78 Å². The maximum atomic E-state index is 11.8. The average molecular weight is 202 g/mol. The largest absolute Gasteiger partial charge is 0.435 e. The molecular weight excluding hydrogens is 190 g/mol. The van der Waals surface area contributed by atoms with E-state index in [1.54, 1.807) is 19.2 Å². The Kier molecular flexibility index (Phi) is 3.83.